The minimum Gasteiger partial charge on any atom is -0.347 e. The second-order valence-electron chi connectivity index (χ2n) is 5.03. The first kappa shape index (κ1) is 14.6. The third-order valence-electron chi connectivity index (χ3n) is 3.26. The van der Waals surface area contributed by atoms with Crippen molar-refractivity contribution in [3.05, 3.63) is 28.3 Å². The number of nitrogens with one attached hydrogen (secondary N) is 1. The lowest BCUT2D eigenvalue weighted by Crippen LogP contribution is -2.34. The largest absolute Gasteiger partial charge is 0.347 e. The van der Waals surface area contributed by atoms with Crippen LogP contribution in [0.1, 0.15) is 35.7 Å². The van der Waals surface area contributed by atoms with E-state index >= 15 is 0 Å². The maximum Gasteiger partial charge on any atom is 0.261 e. The highest BCUT2D eigenvalue weighted by Crippen LogP contribution is 2.35. The Hall–Kier alpha value is -0.780. The van der Waals surface area contributed by atoms with E-state index < -0.39 is 9.05 Å². The van der Waals surface area contributed by atoms with Gasteiger partial charge in [-0.3, -0.25) is 4.79 Å². The number of benzene rings is 1. The standard InChI is InChI=1S/C12H13Cl2NO3S/c1-7-9(11(16)15-12(2)3-4-12)5-8(6-10(7)13)19(14,17)18/h5-6H,3-4H2,1-2H3,(H,15,16). The van der Waals surface area contributed by atoms with Crippen LogP contribution in [-0.4, -0.2) is 19.9 Å². The van der Waals surface area contributed by atoms with Crippen LogP contribution in [0.5, 0.6) is 0 Å². The fourth-order valence-electron chi connectivity index (χ4n) is 1.68. The summed E-state index contributed by atoms with van der Waals surface area (Å²) in [6.45, 7) is 3.60. The van der Waals surface area contributed by atoms with Gasteiger partial charge in [-0.05, 0) is 44.4 Å². The zero-order chi connectivity index (χ0) is 14.4. The molecule has 19 heavy (non-hydrogen) atoms. The quantitative estimate of drug-likeness (QED) is 0.871. The maximum atomic E-state index is 12.1. The summed E-state index contributed by atoms with van der Waals surface area (Å²) in [5.74, 6) is -0.332. The summed E-state index contributed by atoms with van der Waals surface area (Å²) < 4.78 is 22.7. The molecule has 0 saturated heterocycles. The second-order valence-corrected chi connectivity index (χ2v) is 8.00. The van der Waals surface area contributed by atoms with Gasteiger partial charge < -0.3 is 5.32 Å². The van der Waals surface area contributed by atoms with Crippen molar-refractivity contribution >= 4 is 37.2 Å². The lowest BCUT2D eigenvalue weighted by Gasteiger charge is -2.14. The summed E-state index contributed by atoms with van der Waals surface area (Å²) in [7, 11) is 1.37. The minimum atomic E-state index is -3.92. The third kappa shape index (κ3) is 3.22. The van der Waals surface area contributed by atoms with E-state index in [1.54, 1.807) is 6.92 Å². The molecule has 2 rings (SSSR count). The zero-order valence-electron chi connectivity index (χ0n) is 10.5. The van der Waals surface area contributed by atoms with Crippen molar-refractivity contribution in [3.63, 3.8) is 0 Å². The van der Waals surface area contributed by atoms with E-state index in [9.17, 15) is 13.2 Å². The van der Waals surface area contributed by atoms with Crippen molar-refractivity contribution in [1.82, 2.24) is 5.32 Å². The van der Waals surface area contributed by atoms with Gasteiger partial charge in [0.1, 0.15) is 0 Å². The van der Waals surface area contributed by atoms with Gasteiger partial charge in [0, 0.05) is 26.8 Å². The summed E-state index contributed by atoms with van der Waals surface area (Å²) in [6.07, 6.45) is 1.83. The smallest absolute Gasteiger partial charge is 0.261 e. The van der Waals surface area contributed by atoms with Crippen molar-refractivity contribution in [1.29, 1.82) is 0 Å². The van der Waals surface area contributed by atoms with E-state index in [2.05, 4.69) is 5.32 Å². The van der Waals surface area contributed by atoms with Gasteiger partial charge in [-0.1, -0.05) is 11.6 Å². The molecule has 1 amide bonds. The first-order valence-electron chi connectivity index (χ1n) is 5.70. The highest BCUT2D eigenvalue weighted by molar-refractivity contribution is 8.13. The zero-order valence-corrected chi connectivity index (χ0v) is 12.8. The molecule has 0 atom stereocenters. The number of hydrogen-bond donors (Lipinski definition) is 1. The molecule has 7 heteroatoms. The molecule has 0 bridgehead atoms. The van der Waals surface area contributed by atoms with E-state index in [0.29, 0.717) is 5.56 Å². The average molecular weight is 322 g/mol. The molecule has 0 heterocycles. The van der Waals surface area contributed by atoms with Gasteiger partial charge in [-0.2, -0.15) is 0 Å². The molecular formula is C12H13Cl2NO3S. The number of amides is 1. The predicted molar refractivity (Wildman–Crippen MR) is 74.3 cm³/mol. The molecular weight excluding hydrogens is 309 g/mol. The molecule has 0 aromatic heterocycles. The van der Waals surface area contributed by atoms with Crippen LogP contribution in [0.3, 0.4) is 0 Å². The van der Waals surface area contributed by atoms with Gasteiger partial charge in [-0.25, -0.2) is 8.42 Å². The minimum absolute atomic E-state index is 0.170. The van der Waals surface area contributed by atoms with Crippen LogP contribution in [0.2, 0.25) is 5.02 Å². The predicted octanol–water partition coefficient (Wildman–Crippen LogP) is 2.86. The Morgan fingerprint density at radius 3 is 2.42 bits per heavy atom. The molecule has 1 aromatic carbocycles. The van der Waals surface area contributed by atoms with Gasteiger partial charge in [0.25, 0.3) is 15.0 Å². The molecule has 0 radical (unpaired) electrons. The van der Waals surface area contributed by atoms with Gasteiger partial charge >= 0.3 is 0 Å². The van der Waals surface area contributed by atoms with Gasteiger partial charge in [0.15, 0.2) is 0 Å². The number of halogens is 2. The van der Waals surface area contributed by atoms with Crippen molar-refractivity contribution in [3.8, 4) is 0 Å². The van der Waals surface area contributed by atoms with Crippen molar-refractivity contribution in [2.75, 3.05) is 0 Å². The Morgan fingerprint density at radius 2 is 1.95 bits per heavy atom. The summed E-state index contributed by atoms with van der Waals surface area (Å²) in [5.41, 5.74) is 0.582. The van der Waals surface area contributed by atoms with E-state index in [1.807, 2.05) is 6.92 Å². The summed E-state index contributed by atoms with van der Waals surface area (Å²) in [5, 5.41) is 3.06. The first-order valence-corrected chi connectivity index (χ1v) is 8.38. The van der Waals surface area contributed by atoms with Crippen molar-refractivity contribution < 1.29 is 13.2 Å². The molecule has 1 aliphatic carbocycles. The Bertz CT molecular complexity index is 651. The Balaban J connectivity index is 2.44. The van der Waals surface area contributed by atoms with E-state index in [1.165, 1.54) is 12.1 Å². The van der Waals surface area contributed by atoms with Crippen LogP contribution in [0.25, 0.3) is 0 Å². The summed E-state index contributed by atoms with van der Waals surface area (Å²) in [4.78, 5) is 12.0. The molecule has 4 nitrogen and oxygen atoms in total. The van der Waals surface area contributed by atoms with Crippen LogP contribution in [0.15, 0.2) is 17.0 Å². The lowest BCUT2D eigenvalue weighted by atomic mass is 10.1. The average Bonchev–Trinajstić information content (AvgIpc) is 2.98. The van der Waals surface area contributed by atoms with Crippen LogP contribution in [0, 0.1) is 6.92 Å². The maximum absolute atomic E-state index is 12.1. The lowest BCUT2D eigenvalue weighted by molar-refractivity contribution is 0.0934. The molecule has 0 unspecified atom stereocenters. The van der Waals surface area contributed by atoms with E-state index in [0.717, 1.165) is 12.8 Å². The highest BCUT2D eigenvalue weighted by Gasteiger charge is 2.39. The van der Waals surface area contributed by atoms with Gasteiger partial charge in [0.05, 0.1) is 4.90 Å². The molecule has 1 saturated carbocycles. The second kappa shape index (κ2) is 4.65. The fraction of sp³-hybridized carbons (Fsp3) is 0.417. The monoisotopic (exact) mass is 321 g/mol. The van der Waals surface area contributed by atoms with Crippen LogP contribution >= 0.6 is 22.3 Å². The molecule has 1 fully saturated rings. The van der Waals surface area contributed by atoms with Crippen LogP contribution in [-0.2, 0) is 9.05 Å². The van der Waals surface area contributed by atoms with E-state index in [4.69, 9.17) is 22.3 Å². The highest BCUT2D eigenvalue weighted by atomic mass is 35.7. The molecule has 1 N–H and O–H groups in total. The molecule has 1 aromatic rings. The summed E-state index contributed by atoms with van der Waals surface area (Å²) in [6, 6.07) is 2.50. The van der Waals surface area contributed by atoms with Crippen LogP contribution in [0.4, 0.5) is 0 Å². The van der Waals surface area contributed by atoms with Gasteiger partial charge in [-0.15, -0.1) is 0 Å². The number of hydrogen-bond acceptors (Lipinski definition) is 3. The fourth-order valence-corrected chi connectivity index (χ4v) is 2.75. The summed E-state index contributed by atoms with van der Waals surface area (Å²) >= 11 is 5.95. The SMILES string of the molecule is Cc1c(Cl)cc(S(=O)(=O)Cl)cc1C(=O)NC1(C)CC1. The van der Waals surface area contributed by atoms with Crippen LogP contribution < -0.4 is 5.32 Å². The van der Waals surface area contributed by atoms with Crippen molar-refractivity contribution in [2.45, 2.75) is 37.1 Å². The molecule has 0 spiro atoms. The normalized spacial score (nSPS) is 17.1. The number of rotatable bonds is 3. The molecule has 0 aliphatic heterocycles. The first-order chi connectivity index (χ1) is 8.62. The Labute approximate surface area is 121 Å². The number of carbonyl (C=O) groups excluding carboxylic acids is 1. The van der Waals surface area contributed by atoms with Gasteiger partial charge in [0.2, 0.25) is 0 Å². The topological polar surface area (TPSA) is 63.2 Å². The Morgan fingerprint density at radius 1 is 1.37 bits per heavy atom. The number of carbonyl (C=O) groups is 1. The van der Waals surface area contributed by atoms with E-state index in [-0.39, 0.29) is 26.9 Å². The molecule has 1 aliphatic rings. The van der Waals surface area contributed by atoms with Crippen molar-refractivity contribution in [2.24, 2.45) is 0 Å². The third-order valence-corrected chi connectivity index (χ3v) is 4.99. The molecule has 104 valence electrons. The Kier molecular flexibility index (Phi) is 3.58.